The number of nitrogens with one attached hydrogen (secondary N) is 1. The van der Waals surface area contributed by atoms with Gasteiger partial charge in [0.15, 0.2) is 0 Å². The molecule has 9 heavy (non-hydrogen) atoms. The van der Waals surface area contributed by atoms with Gasteiger partial charge in [-0.25, -0.2) is 0 Å². The molecule has 2 heteroatoms. The van der Waals surface area contributed by atoms with Crippen molar-refractivity contribution in [3.63, 3.8) is 0 Å². The molecule has 1 rings (SSSR count). The third-order valence-corrected chi connectivity index (χ3v) is 2.74. The minimum atomic E-state index is 0.393. The Labute approximate surface area is 70.7 Å². The van der Waals surface area contributed by atoms with Gasteiger partial charge in [-0.15, -0.1) is 0 Å². The van der Waals surface area contributed by atoms with Crippen LogP contribution in [0.4, 0.5) is 0 Å². The summed E-state index contributed by atoms with van der Waals surface area (Å²) in [6.07, 6.45) is 4.05. The molecule has 0 radical (unpaired) electrons. The highest BCUT2D eigenvalue weighted by molar-refractivity contribution is 14.1. The molecule has 54 valence electrons. The number of hydrogen-bond donors (Lipinski definition) is 1. The molecule has 1 saturated heterocycles. The quantitative estimate of drug-likeness (QED) is 0.388. The van der Waals surface area contributed by atoms with Gasteiger partial charge in [0.25, 0.3) is 0 Å². The molecule has 0 aromatic carbocycles. The summed E-state index contributed by atoms with van der Waals surface area (Å²) in [6.45, 7) is 4.55. The van der Waals surface area contributed by atoms with E-state index in [1.807, 2.05) is 0 Å². The summed E-state index contributed by atoms with van der Waals surface area (Å²) in [4.78, 5) is 0. The zero-order chi connectivity index (χ0) is 6.91. The fourth-order valence-electron chi connectivity index (χ4n) is 1.29. The maximum atomic E-state index is 3.54. The molecular weight excluding hydrogens is 225 g/mol. The van der Waals surface area contributed by atoms with Gasteiger partial charge in [-0.2, -0.15) is 0 Å². The standard InChI is InChI=1S/C7H14IN/c1-7(2)5-3-4-6(8)9-7/h6,9H,3-5H2,1-2H3. The molecule has 1 unspecified atom stereocenters. The Morgan fingerprint density at radius 2 is 2.22 bits per heavy atom. The van der Waals surface area contributed by atoms with Crippen LogP contribution in [0.2, 0.25) is 0 Å². The van der Waals surface area contributed by atoms with Crippen molar-refractivity contribution in [2.45, 2.75) is 42.7 Å². The van der Waals surface area contributed by atoms with Crippen molar-refractivity contribution in [2.75, 3.05) is 0 Å². The Kier molecular flexibility index (Phi) is 2.37. The second kappa shape index (κ2) is 2.74. The van der Waals surface area contributed by atoms with Crippen LogP contribution in [0.1, 0.15) is 33.1 Å². The lowest BCUT2D eigenvalue weighted by atomic mass is 9.93. The molecule has 0 bridgehead atoms. The molecule has 1 fully saturated rings. The van der Waals surface area contributed by atoms with Crippen LogP contribution < -0.4 is 5.32 Å². The summed E-state index contributed by atoms with van der Waals surface area (Å²) >= 11 is 2.47. The minimum absolute atomic E-state index is 0.393. The zero-order valence-electron chi connectivity index (χ0n) is 6.08. The average Bonchev–Trinajstić information content (AvgIpc) is 1.60. The van der Waals surface area contributed by atoms with Gasteiger partial charge in [0, 0.05) is 5.54 Å². The highest BCUT2D eigenvalue weighted by Crippen LogP contribution is 2.23. The molecule has 0 aliphatic carbocycles. The molecule has 0 spiro atoms. The van der Waals surface area contributed by atoms with Crippen molar-refractivity contribution < 1.29 is 0 Å². The molecule has 1 heterocycles. The molecule has 0 saturated carbocycles. The van der Waals surface area contributed by atoms with Gasteiger partial charge in [-0.05, 0) is 33.1 Å². The van der Waals surface area contributed by atoms with Crippen LogP contribution in [-0.4, -0.2) is 9.59 Å². The largest absolute Gasteiger partial charge is 0.300 e. The Bertz CT molecular complexity index is 101. The van der Waals surface area contributed by atoms with Crippen LogP contribution in [0, 0.1) is 0 Å². The van der Waals surface area contributed by atoms with Crippen molar-refractivity contribution >= 4 is 22.6 Å². The van der Waals surface area contributed by atoms with Crippen LogP contribution >= 0.6 is 22.6 Å². The van der Waals surface area contributed by atoms with Crippen LogP contribution in [0.3, 0.4) is 0 Å². The zero-order valence-corrected chi connectivity index (χ0v) is 8.23. The SMILES string of the molecule is CC1(C)CCCC(I)N1. The van der Waals surface area contributed by atoms with Gasteiger partial charge in [-0.1, -0.05) is 22.6 Å². The lowest BCUT2D eigenvalue weighted by molar-refractivity contribution is 0.296. The smallest absolute Gasteiger partial charge is 0.0597 e. The van der Waals surface area contributed by atoms with E-state index in [1.165, 1.54) is 19.3 Å². The van der Waals surface area contributed by atoms with Crippen LogP contribution in [-0.2, 0) is 0 Å². The van der Waals surface area contributed by atoms with Gasteiger partial charge in [0.2, 0.25) is 0 Å². The van der Waals surface area contributed by atoms with Gasteiger partial charge < -0.3 is 5.32 Å². The summed E-state index contributed by atoms with van der Waals surface area (Å²) < 4.78 is 0.700. The first-order chi connectivity index (χ1) is 4.10. The molecular formula is C7H14IN. The molecule has 1 atom stereocenters. The minimum Gasteiger partial charge on any atom is -0.300 e. The predicted octanol–water partition coefficient (Wildman–Crippen LogP) is 2.30. The Morgan fingerprint density at radius 3 is 2.56 bits per heavy atom. The van der Waals surface area contributed by atoms with Gasteiger partial charge in [-0.3, -0.25) is 0 Å². The first-order valence-corrected chi connectivity index (χ1v) is 4.76. The molecule has 1 aliphatic heterocycles. The van der Waals surface area contributed by atoms with E-state index >= 15 is 0 Å². The van der Waals surface area contributed by atoms with Crippen LogP contribution in [0.15, 0.2) is 0 Å². The fourth-order valence-corrected chi connectivity index (χ4v) is 2.57. The van der Waals surface area contributed by atoms with Crippen molar-refractivity contribution in [3.8, 4) is 0 Å². The Balaban J connectivity index is 2.41. The molecule has 1 aliphatic rings. The second-order valence-corrected chi connectivity index (χ2v) is 4.89. The third-order valence-electron chi connectivity index (χ3n) is 1.81. The third kappa shape index (κ3) is 2.42. The maximum Gasteiger partial charge on any atom is 0.0597 e. The topological polar surface area (TPSA) is 12.0 Å². The van der Waals surface area contributed by atoms with E-state index in [9.17, 15) is 0 Å². The lowest BCUT2D eigenvalue weighted by Crippen LogP contribution is -2.46. The van der Waals surface area contributed by atoms with E-state index in [-0.39, 0.29) is 0 Å². The predicted molar refractivity (Wildman–Crippen MR) is 48.9 cm³/mol. The first-order valence-electron chi connectivity index (χ1n) is 3.52. The van der Waals surface area contributed by atoms with E-state index in [4.69, 9.17) is 0 Å². The fraction of sp³-hybridized carbons (Fsp3) is 1.00. The van der Waals surface area contributed by atoms with Crippen molar-refractivity contribution in [3.05, 3.63) is 0 Å². The summed E-state index contributed by atoms with van der Waals surface area (Å²) in [7, 11) is 0. The van der Waals surface area contributed by atoms with E-state index in [0.29, 0.717) is 9.59 Å². The first kappa shape index (κ1) is 7.79. The molecule has 0 aromatic heterocycles. The summed E-state index contributed by atoms with van der Waals surface area (Å²) in [6, 6.07) is 0. The Morgan fingerprint density at radius 1 is 1.56 bits per heavy atom. The van der Waals surface area contributed by atoms with E-state index in [1.54, 1.807) is 0 Å². The summed E-state index contributed by atoms with van der Waals surface area (Å²) in [5.74, 6) is 0. The number of piperidine rings is 1. The lowest BCUT2D eigenvalue weighted by Gasteiger charge is -2.34. The maximum absolute atomic E-state index is 3.54. The van der Waals surface area contributed by atoms with Gasteiger partial charge in [0.1, 0.15) is 0 Å². The molecule has 0 amide bonds. The number of halogens is 1. The van der Waals surface area contributed by atoms with Crippen LogP contribution in [0.25, 0.3) is 0 Å². The average molecular weight is 239 g/mol. The van der Waals surface area contributed by atoms with Crippen LogP contribution in [0.5, 0.6) is 0 Å². The van der Waals surface area contributed by atoms with E-state index in [0.717, 1.165) is 0 Å². The number of alkyl halides is 1. The van der Waals surface area contributed by atoms with E-state index < -0.39 is 0 Å². The monoisotopic (exact) mass is 239 g/mol. The summed E-state index contributed by atoms with van der Waals surface area (Å²) in [5, 5.41) is 3.54. The molecule has 0 aromatic rings. The van der Waals surface area contributed by atoms with Crippen molar-refractivity contribution in [1.29, 1.82) is 0 Å². The second-order valence-electron chi connectivity index (χ2n) is 3.39. The number of hydrogen-bond acceptors (Lipinski definition) is 1. The van der Waals surface area contributed by atoms with Crippen molar-refractivity contribution in [1.82, 2.24) is 5.32 Å². The normalized spacial score (nSPS) is 34.3. The van der Waals surface area contributed by atoms with Gasteiger partial charge in [0.05, 0.1) is 4.05 Å². The number of rotatable bonds is 0. The Hall–Kier alpha value is 0.690. The highest BCUT2D eigenvalue weighted by Gasteiger charge is 2.24. The summed E-state index contributed by atoms with van der Waals surface area (Å²) in [5.41, 5.74) is 0.393. The molecule has 1 N–H and O–H groups in total. The highest BCUT2D eigenvalue weighted by atomic mass is 127. The molecule has 1 nitrogen and oxygen atoms in total. The van der Waals surface area contributed by atoms with Crippen molar-refractivity contribution in [2.24, 2.45) is 0 Å². The van der Waals surface area contributed by atoms with Gasteiger partial charge >= 0.3 is 0 Å². The van der Waals surface area contributed by atoms with E-state index in [2.05, 4.69) is 41.8 Å².